The lowest BCUT2D eigenvalue weighted by Gasteiger charge is -2.13. The van der Waals surface area contributed by atoms with Crippen molar-refractivity contribution in [1.82, 2.24) is 0 Å². The third-order valence-electron chi connectivity index (χ3n) is 2.20. The van der Waals surface area contributed by atoms with Crippen LogP contribution in [0, 0.1) is 11.6 Å². The summed E-state index contributed by atoms with van der Waals surface area (Å²) >= 11 is 0. The van der Waals surface area contributed by atoms with E-state index in [9.17, 15) is 22.0 Å². The first kappa shape index (κ1) is 14.8. The summed E-state index contributed by atoms with van der Waals surface area (Å²) in [4.78, 5) is 0. The monoisotopic (exact) mass is 269 g/mol. The second kappa shape index (κ2) is 6.10. The van der Waals surface area contributed by atoms with Gasteiger partial charge in [0.2, 0.25) is 0 Å². The molecule has 0 saturated carbocycles. The first-order valence-corrected chi connectivity index (χ1v) is 5.14. The molecular formula is C11H12F5NO. The molecule has 0 bridgehead atoms. The molecule has 0 spiro atoms. The van der Waals surface area contributed by atoms with Crippen LogP contribution in [0.15, 0.2) is 18.2 Å². The topological polar surface area (TPSA) is 35.2 Å². The zero-order chi connectivity index (χ0) is 13.8. The second-order valence-electron chi connectivity index (χ2n) is 3.72. The van der Waals surface area contributed by atoms with E-state index in [0.717, 1.165) is 12.1 Å². The minimum absolute atomic E-state index is 0.193. The lowest BCUT2D eigenvalue weighted by atomic mass is 10.1. The summed E-state index contributed by atoms with van der Waals surface area (Å²) in [5, 5.41) is 0. The molecule has 1 aromatic carbocycles. The molecule has 2 N–H and O–H groups in total. The van der Waals surface area contributed by atoms with Crippen LogP contribution in [-0.4, -0.2) is 19.4 Å². The fraction of sp³-hybridized carbons (Fsp3) is 0.455. The van der Waals surface area contributed by atoms with E-state index in [-0.39, 0.29) is 12.2 Å². The normalized spacial score (nSPS) is 13.7. The lowest BCUT2D eigenvalue weighted by molar-refractivity contribution is -0.145. The summed E-state index contributed by atoms with van der Waals surface area (Å²) in [5.41, 5.74) is 5.83. The van der Waals surface area contributed by atoms with E-state index >= 15 is 0 Å². The molecule has 7 heteroatoms. The summed E-state index contributed by atoms with van der Waals surface area (Å²) in [7, 11) is 0. The Kier molecular flexibility index (Phi) is 5.03. The molecule has 0 aliphatic heterocycles. The molecule has 0 heterocycles. The van der Waals surface area contributed by atoms with Crippen molar-refractivity contribution in [2.45, 2.75) is 18.6 Å². The zero-order valence-corrected chi connectivity index (χ0v) is 9.31. The Morgan fingerprint density at radius 1 is 1.17 bits per heavy atom. The van der Waals surface area contributed by atoms with E-state index in [4.69, 9.17) is 10.5 Å². The molecule has 1 aromatic rings. The molecule has 0 fully saturated rings. The summed E-state index contributed by atoms with van der Waals surface area (Å²) < 4.78 is 65.6. The SMILES string of the molecule is NC(COCCC(F)(F)F)c1ccc(F)c(F)c1. The average Bonchev–Trinajstić information content (AvgIpc) is 2.26. The molecule has 102 valence electrons. The maximum absolute atomic E-state index is 12.9. The van der Waals surface area contributed by atoms with Gasteiger partial charge in [-0.05, 0) is 17.7 Å². The van der Waals surface area contributed by atoms with Crippen LogP contribution in [0.1, 0.15) is 18.0 Å². The predicted molar refractivity (Wildman–Crippen MR) is 54.8 cm³/mol. The Labute approximate surface area is 101 Å². The maximum Gasteiger partial charge on any atom is 0.391 e. The Bertz CT molecular complexity index is 394. The third kappa shape index (κ3) is 4.97. The summed E-state index contributed by atoms with van der Waals surface area (Å²) in [5.74, 6) is -2.07. The van der Waals surface area contributed by atoms with Gasteiger partial charge >= 0.3 is 6.18 Å². The molecule has 0 radical (unpaired) electrons. The fourth-order valence-electron chi connectivity index (χ4n) is 1.24. The van der Waals surface area contributed by atoms with Crippen LogP contribution in [0.2, 0.25) is 0 Å². The van der Waals surface area contributed by atoms with Crippen molar-refractivity contribution in [3.8, 4) is 0 Å². The quantitative estimate of drug-likeness (QED) is 0.659. The molecule has 1 rings (SSSR count). The predicted octanol–water partition coefficient (Wildman–Crippen LogP) is 2.93. The summed E-state index contributed by atoms with van der Waals surface area (Å²) in [6, 6.07) is 2.26. The Morgan fingerprint density at radius 3 is 2.39 bits per heavy atom. The average molecular weight is 269 g/mol. The maximum atomic E-state index is 12.9. The highest BCUT2D eigenvalue weighted by molar-refractivity contribution is 5.20. The van der Waals surface area contributed by atoms with Gasteiger partial charge in [0.15, 0.2) is 11.6 Å². The number of hydrogen-bond acceptors (Lipinski definition) is 2. The first-order chi connectivity index (χ1) is 8.29. The van der Waals surface area contributed by atoms with E-state index in [1.807, 2.05) is 0 Å². The van der Waals surface area contributed by atoms with Gasteiger partial charge < -0.3 is 10.5 Å². The highest BCUT2D eigenvalue weighted by atomic mass is 19.4. The van der Waals surface area contributed by atoms with Gasteiger partial charge in [-0.15, -0.1) is 0 Å². The van der Waals surface area contributed by atoms with Crippen LogP contribution in [0.3, 0.4) is 0 Å². The molecule has 0 aliphatic carbocycles. The molecule has 0 amide bonds. The van der Waals surface area contributed by atoms with Gasteiger partial charge in [0.1, 0.15) is 0 Å². The van der Waals surface area contributed by atoms with Crippen LogP contribution in [-0.2, 0) is 4.74 Å². The molecular weight excluding hydrogens is 257 g/mol. The number of benzene rings is 1. The van der Waals surface area contributed by atoms with Crippen molar-refractivity contribution >= 4 is 0 Å². The molecule has 1 atom stereocenters. The van der Waals surface area contributed by atoms with E-state index in [2.05, 4.69) is 0 Å². The minimum atomic E-state index is -4.29. The largest absolute Gasteiger partial charge is 0.391 e. The molecule has 0 aromatic heterocycles. The number of nitrogens with two attached hydrogens (primary N) is 1. The van der Waals surface area contributed by atoms with Crippen molar-refractivity contribution in [2.75, 3.05) is 13.2 Å². The molecule has 0 aliphatic rings. The van der Waals surface area contributed by atoms with Crippen LogP contribution < -0.4 is 5.73 Å². The van der Waals surface area contributed by atoms with E-state index < -0.39 is 36.9 Å². The Balaban J connectivity index is 2.41. The Morgan fingerprint density at radius 2 is 1.83 bits per heavy atom. The first-order valence-electron chi connectivity index (χ1n) is 5.14. The molecule has 18 heavy (non-hydrogen) atoms. The highest BCUT2D eigenvalue weighted by Gasteiger charge is 2.26. The van der Waals surface area contributed by atoms with Crippen molar-refractivity contribution in [1.29, 1.82) is 0 Å². The summed E-state index contributed by atoms with van der Waals surface area (Å²) in [6.45, 7) is -0.706. The van der Waals surface area contributed by atoms with Crippen molar-refractivity contribution in [3.63, 3.8) is 0 Å². The van der Waals surface area contributed by atoms with Gasteiger partial charge in [-0.25, -0.2) is 8.78 Å². The van der Waals surface area contributed by atoms with Crippen LogP contribution >= 0.6 is 0 Å². The second-order valence-corrected chi connectivity index (χ2v) is 3.72. The number of alkyl halides is 3. The van der Waals surface area contributed by atoms with Gasteiger partial charge in [0.25, 0.3) is 0 Å². The lowest BCUT2D eigenvalue weighted by Crippen LogP contribution is -2.19. The highest BCUT2D eigenvalue weighted by Crippen LogP contribution is 2.20. The van der Waals surface area contributed by atoms with Crippen LogP contribution in [0.4, 0.5) is 22.0 Å². The van der Waals surface area contributed by atoms with Crippen LogP contribution in [0.5, 0.6) is 0 Å². The minimum Gasteiger partial charge on any atom is -0.379 e. The third-order valence-corrected chi connectivity index (χ3v) is 2.20. The number of ether oxygens (including phenoxy) is 1. The van der Waals surface area contributed by atoms with Gasteiger partial charge in [0.05, 0.1) is 25.7 Å². The zero-order valence-electron chi connectivity index (χ0n) is 9.31. The smallest absolute Gasteiger partial charge is 0.379 e. The van der Waals surface area contributed by atoms with E-state index in [1.54, 1.807) is 0 Å². The van der Waals surface area contributed by atoms with Gasteiger partial charge in [-0.1, -0.05) is 6.07 Å². The Hall–Kier alpha value is -1.21. The number of hydrogen-bond donors (Lipinski definition) is 1. The van der Waals surface area contributed by atoms with Crippen molar-refractivity contribution in [3.05, 3.63) is 35.4 Å². The summed E-state index contributed by atoms with van der Waals surface area (Å²) in [6.07, 6.45) is -5.36. The van der Waals surface area contributed by atoms with E-state index in [1.165, 1.54) is 6.07 Å². The van der Waals surface area contributed by atoms with Gasteiger partial charge in [0, 0.05) is 0 Å². The number of halogens is 5. The molecule has 1 unspecified atom stereocenters. The number of rotatable bonds is 5. The standard InChI is InChI=1S/C11H12F5NO/c12-8-2-1-7(5-9(8)13)10(17)6-18-4-3-11(14,15)16/h1-2,5,10H,3-4,6,17H2. The molecule has 2 nitrogen and oxygen atoms in total. The fourth-order valence-corrected chi connectivity index (χ4v) is 1.24. The van der Waals surface area contributed by atoms with Gasteiger partial charge in [-0.3, -0.25) is 0 Å². The van der Waals surface area contributed by atoms with Gasteiger partial charge in [-0.2, -0.15) is 13.2 Å². The van der Waals surface area contributed by atoms with Crippen LogP contribution in [0.25, 0.3) is 0 Å². The van der Waals surface area contributed by atoms with E-state index in [0.29, 0.717) is 0 Å². The van der Waals surface area contributed by atoms with Crippen molar-refractivity contribution in [2.24, 2.45) is 5.73 Å². The molecule has 0 saturated heterocycles. The van der Waals surface area contributed by atoms with Crippen molar-refractivity contribution < 1.29 is 26.7 Å².